The fourth-order valence-corrected chi connectivity index (χ4v) is 1.71. The van der Waals surface area contributed by atoms with Crippen LogP contribution in [0.3, 0.4) is 0 Å². The first kappa shape index (κ1) is 8.37. The van der Waals surface area contributed by atoms with E-state index in [-0.39, 0.29) is 6.97 Å². The lowest BCUT2D eigenvalue weighted by Gasteiger charge is -2.24. The Hall–Kier alpha value is -0.730. The zero-order valence-electron chi connectivity index (χ0n) is 7.05. The van der Waals surface area contributed by atoms with Crippen molar-refractivity contribution in [3.8, 4) is 0 Å². The highest BCUT2D eigenvalue weighted by atomic mass is 16.4. The molecule has 0 aromatic heterocycles. The molecule has 0 radical (unpaired) electrons. The molecule has 2 aliphatic rings. The lowest BCUT2D eigenvalue weighted by molar-refractivity contribution is 0.179. The van der Waals surface area contributed by atoms with Gasteiger partial charge in [0.2, 0.25) is 0 Å². The summed E-state index contributed by atoms with van der Waals surface area (Å²) in [5.74, 6) is 0.689. The van der Waals surface area contributed by atoms with Gasteiger partial charge in [-0.25, -0.2) is 4.79 Å². The van der Waals surface area contributed by atoms with E-state index in [2.05, 4.69) is 5.32 Å². The predicted molar refractivity (Wildman–Crippen MR) is 44.7 cm³/mol. The fraction of sp³-hybridized carbons (Fsp3) is 0.875. The maximum atomic E-state index is 10.1. The van der Waals surface area contributed by atoms with Gasteiger partial charge in [-0.2, -0.15) is 0 Å². The topological polar surface area (TPSA) is 49.3 Å². The Balaban J connectivity index is 0.000000378. The summed E-state index contributed by atoms with van der Waals surface area (Å²) in [6.45, 7) is 4.00. The van der Waals surface area contributed by atoms with E-state index in [1.165, 1.54) is 6.42 Å². The van der Waals surface area contributed by atoms with E-state index in [4.69, 9.17) is 5.11 Å². The highest BCUT2D eigenvalue weighted by Gasteiger charge is 2.62. The Morgan fingerprint density at radius 2 is 2.36 bits per heavy atom. The van der Waals surface area contributed by atoms with Crippen molar-refractivity contribution < 1.29 is 11.3 Å². The molecule has 0 aromatic carbocycles. The quantitative estimate of drug-likeness (QED) is 0.615. The zero-order valence-corrected chi connectivity index (χ0v) is 7.05. The van der Waals surface area contributed by atoms with E-state index in [0.717, 1.165) is 12.8 Å². The van der Waals surface area contributed by atoms with Crippen LogP contribution in [0.15, 0.2) is 0 Å². The van der Waals surface area contributed by atoms with Crippen LogP contribution < -0.4 is 5.32 Å². The van der Waals surface area contributed by atoms with Crippen LogP contribution in [0.5, 0.6) is 0 Å². The first-order valence-corrected chi connectivity index (χ1v) is 4.24. The summed E-state index contributed by atoms with van der Waals surface area (Å²) in [7, 11) is 0. The highest BCUT2D eigenvalue weighted by Crippen LogP contribution is 2.59. The van der Waals surface area contributed by atoms with Gasteiger partial charge in [-0.15, -0.1) is 0 Å². The van der Waals surface area contributed by atoms with Gasteiger partial charge in [0.05, 0.1) is 0 Å². The average Bonchev–Trinajstić information content (AvgIpc) is 2.43. The van der Waals surface area contributed by atoms with Gasteiger partial charge in [0.25, 0.3) is 0 Å². The Labute approximate surface area is 68.3 Å². The molecule has 0 spiro atoms. The van der Waals surface area contributed by atoms with Crippen LogP contribution in [0.1, 0.15) is 34.5 Å². The molecule has 2 rings (SSSR count). The van der Waals surface area contributed by atoms with E-state index in [9.17, 15) is 4.79 Å². The van der Waals surface area contributed by atoms with Crippen molar-refractivity contribution >= 4 is 6.09 Å². The number of fused-ring (bicyclic) bond motifs is 1. The maximum Gasteiger partial charge on any atom is 0.405 e. The molecule has 2 saturated carbocycles. The molecule has 0 aliphatic heterocycles. The molecule has 0 heterocycles. The van der Waals surface area contributed by atoms with Gasteiger partial charge in [-0.3, -0.25) is 0 Å². The number of carboxylic acid groups (broad SMARTS) is 1. The Morgan fingerprint density at radius 1 is 1.73 bits per heavy atom. The van der Waals surface area contributed by atoms with E-state index in [1.54, 1.807) is 0 Å². The van der Waals surface area contributed by atoms with E-state index in [1.807, 2.05) is 13.8 Å². The predicted octanol–water partition coefficient (Wildman–Crippen LogP) is 2.08. The van der Waals surface area contributed by atoms with Gasteiger partial charge in [0.1, 0.15) is 0 Å². The summed E-state index contributed by atoms with van der Waals surface area (Å²) in [6, 6.07) is 0. The van der Waals surface area contributed by atoms with Gasteiger partial charge in [0, 0.05) is 6.97 Å². The van der Waals surface area contributed by atoms with Crippen molar-refractivity contribution in [1.82, 2.24) is 5.32 Å². The summed E-state index contributed by atoms with van der Waals surface area (Å²) < 4.78 is 0. The second kappa shape index (κ2) is 2.72. The minimum absolute atomic E-state index is 0. The third-order valence-corrected chi connectivity index (χ3v) is 2.53. The van der Waals surface area contributed by atoms with E-state index >= 15 is 0 Å². The standard InChI is InChI=1S/C6H9NO2.C2H6.H2/c8-5(9)7-6-2-1-4(6)3-6;1-2;/h4,7H,1-3H2,(H,8,9);1-2H3;1H. The summed E-state index contributed by atoms with van der Waals surface area (Å²) in [6.07, 6.45) is 2.50. The van der Waals surface area contributed by atoms with Gasteiger partial charge in [0.15, 0.2) is 0 Å². The van der Waals surface area contributed by atoms with Gasteiger partial charge in [-0.05, 0) is 25.2 Å². The molecule has 2 unspecified atom stereocenters. The molecule has 11 heavy (non-hydrogen) atoms. The summed E-state index contributed by atoms with van der Waals surface area (Å²) in [4.78, 5) is 10.1. The molecular weight excluding hydrogens is 142 g/mol. The zero-order chi connectivity index (χ0) is 8.48. The number of amides is 1. The van der Waals surface area contributed by atoms with Crippen molar-refractivity contribution in [1.29, 1.82) is 0 Å². The van der Waals surface area contributed by atoms with Crippen LogP contribution >= 0.6 is 0 Å². The molecular formula is C8H17NO2. The molecule has 0 bridgehead atoms. The second-order valence-electron chi connectivity index (χ2n) is 3.03. The SMILES string of the molecule is CC.O=C(O)NC12CCC1C2.[HH]. The molecule has 1 amide bonds. The smallest absolute Gasteiger partial charge is 0.405 e. The Bertz CT molecular complexity index is 170. The molecule has 3 heteroatoms. The van der Waals surface area contributed by atoms with Crippen LogP contribution in [0.25, 0.3) is 0 Å². The number of hydrogen-bond donors (Lipinski definition) is 2. The lowest BCUT2D eigenvalue weighted by atomic mass is 9.93. The molecule has 2 atom stereocenters. The van der Waals surface area contributed by atoms with Crippen molar-refractivity contribution in [3.63, 3.8) is 0 Å². The van der Waals surface area contributed by atoms with Gasteiger partial charge < -0.3 is 10.4 Å². The monoisotopic (exact) mass is 159 g/mol. The van der Waals surface area contributed by atoms with Crippen LogP contribution in [0.4, 0.5) is 4.79 Å². The lowest BCUT2D eigenvalue weighted by Crippen LogP contribution is -2.42. The van der Waals surface area contributed by atoms with Crippen LogP contribution in [0.2, 0.25) is 0 Å². The molecule has 2 fully saturated rings. The molecule has 3 nitrogen and oxygen atoms in total. The maximum absolute atomic E-state index is 10.1. The summed E-state index contributed by atoms with van der Waals surface area (Å²) in [5.41, 5.74) is 0.0613. The molecule has 0 saturated heterocycles. The Morgan fingerprint density at radius 3 is 2.45 bits per heavy atom. The first-order valence-electron chi connectivity index (χ1n) is 4.24. The third-order valence-electron chi connectivity index (χ3n) is 2.53. The molecule has 2 aliphatic carbocycles. The van der Waals surface area contributed by atoms with Crippen molar-refractivity contribution in [2.75, 3.05) is 0 Å². The molecule has 2 N–H and O–H groups in total. The van der Waals surface area contributed by atoms with E-state index in [0.29, 0.717) is 5.92 Å². The average molecular weight is 159 g/mol. The van der Waals surface area contributed by atoms with Gasteiger partial charge >= 0.3 is 6.09 Å². The highest BCUT2D eigenvalue weighted by molar-refractivity contribution is 5.67. The second-order valence-corrected chi connectivity index (χ2v) is 3.03. The van der Waals surface area contributed by atoms with Crippen LogP contribution in [-0.4, -0.2) is 16.7 Å². The third kappa shape index (κ3) is 1.32. The van der Waals surface area contributed by atoms with Crippen molar-refractivity contribution in [2.24, 2.45) is 5.92 Å². The minimum Gasteiger partial charge on any atom is -0.465 e. The normalized spacial score (nSPS) is 37.1. The van der Waals surface area contributed by atoms with Crippen molar-refractivity contribution in [2.45, 2.75) is 38.6 Å². The number of hydrogen-bond acceptors (Lipinski definition) is 1. The van der Waals surface area contributed by atoms with Crippen LogP contribution in [0, 0.1) is 5.92 Å². The first-order chi connectivity index (χ1) is 5.23. The summed E-state index contributed by atoms with van der Waals surface area (Å²) >= 11 is 0. The van der Waals surface area contributed by atoms with Gasteiger partial charge in [-0.1, -0.05) is 13.8 Å². The number of nitrogens with one attached hydrogen (secondary N) is 1. The number of rotatable bonds is 1. The number of carbonyl (C=O) groups is 1. The minimum atomic E-state index is -0.864. The van der Waals surface area contributed by atoms with E-state index < -0.39 is 6.09 Å². The molecule has 0 aromatic rings. The van der Waals surface area contributed by atoms with Crippen LogP contribution in [-0.2, 0) is 0 Å². The van der Waals surface area contributed by atoms with Crippen molar-refractivity contribution in [3.05, 3.63) is 0 Å². The largest absolute Gasteiger partial charge is 0.465 e. The Kier molecular flexibility index (Phi) is 2.07. The summed E-state index contributed by atoms with van der Waals surface area (Å²) in [5, 5.41) is 10.9. The fourth-order valence-electron chi connectivity index (χ4n) is 1.71. The molecule has 66 valence electrons.